The monoisotopic (exact) mass is 430 g/mol. The predicted molar refractivity (Wildman–Crippen MR) is 119 cm³/mol. The molecular formula is C24H22N4O4. The lowest BCUT2D eigenvalue weighted by Crippen LogP contribution is -2.34. The molecule has 0 amide bonds. The van der Waals surface area contributed by atoms with Crippen LogP contribution in [-0.4, -0.2) is 52.3 Å². The van der Waals surface area contributed by atoms with Crippen molar-refractivity contribution in [3.05, 3.63) is 64.7 Å². The first-order valence-electron chi connectivity index (χ1n) is 10.8. The maximum Gasteiger partial charge on any atom is 0.351 e. The van der Waals surface area contributed by atoms with Gasteiger partial charge in [0.15, 0.2) is 0 Å². The van der Waals surface area contributed by atoms with Crippen LogP contribution in [0.2, 0.25) is 0 Å². The molecule has 0 saturated carbocycles. The Morgan fingerprint density at radius 3 is 2.94 bits per heavy atom. The Morgan fingerprint density at radius 2 is 2.03 bits per heavy atom. The van der Waals surface area contributed by atoms with Crippen molar-refractivity contribution in [1.29, 1.82) is 0 Å². The summed E-state index contributed by atoms with van der Waals surface area (Å²) in [5.74, 6) is 0.317. The van der Waals surface area contributed by atoms with Crippen molar-refractivity contribution >= 4 is 10.9 Å². The molecule has 8 heteroatoms. The van der Waals surface area contributed by atoms with Crippen LogP contribution in [0, 0.1) is 0 Å². The van der Waals surface area contributed by atoms with Crippen LogP contribution in [0.25, 0.3) is 33.3 Å². The summed E-state index contributed by atoms with van der Waals surface area (Å²) < 4.78 is 18.5. The second kappa shape index (κ2) is 7.89. The summed E-state index contributed by atoms with van der Waals surface area (Å²) in [6, 6.07) is 14.5. The van der Waals surface area contributed by atoms with Crippen LogP contribution in [0.3, 0.4) is 0 Å². The SMILES string of the molecule is O=c1nc(OCC2COCCO2)cc2n1CCc1cc(-c3ccc4[nH]ncc4c3)ccc1-2. The van der Waals surface area contributed by atoms with Crippen LogP contribution < -0.4 is 10.4 Å². The fourth-order valence-corrected chi connectivity index (χ4v) is 4.39. The van der Waals surface area contributed by atoms with Crippen molar-refractivity contribution < 1.29 is 14.2 Å². The molecule has 162 valence electrons. The number of nitrogens with one attached hydrogen (secondary N) is 1. The number of fused-ring (bicyclic) bond motifs is 4. The van der Waals surface area contributed by atoms with Crippen molar-refractivity contribution in [1.82, 2.24) is 19.7 Å². The zero-order valence-corrected chi connectivity index (χ0v) is 17.4. The fourth-order valence-electron chi connectivity index (χ4n) is 4.39. The van der Waals surface area contributed by atoms with Crippen molar-refractivity contribution in [2.75, 3.05) is 26.4 Å². The van der Waals surface area contributed by atoms with Gasteiger partial charge in [-0.15, -0.1) is 0 Å². The molecule has 4 aromatic rings. The number of aromatic amines is 1. The van der Waals surface area contributed by atoms with Gasteiger partial charge >= 0.3 is 5.69 Å². The van der Waals surface area contributed by atoms with Gasteiger partial charge in [0.2, 0.25) is 5.88 Å². The first kappa shape index (κ1) is 19.2. The van der Waals surface area contributed by atoms with E-state index in [1.54, 1.807) is 4.57 Å². The number of benzene rings is 2. The molecule has 1 unspecified atom stereocenters. The molecule has 0 spiro atoms. The lowest BCUT2D eigenvalue weighted by Gasteiger charge is -2.24. The molecule has 1 atom stereocenters. The van der Waals surface area contributed by atoms with Gasteiger partial charge in [-0.2, -0.15) is 10.1 Å². The van der Waals surface area contributed by atoms with Gasteiger partial charge in [-0.3, -0.25) is 9.67 Å². The molecule has 1 N–H and O–H groups in total. The van der Waals surface area contributed by atoms with Crippen molar-refractivity contribution in [2.24, 2.45) is 0 Å². The zero-order valence-electron chi connectivity index (χ0n) is 17.4. The Bertz CT molecular complexity index is 1350. The smallest absolute Gasteiger partial charge is 0.351 e. The molecule has 6 rings (SSSR count). The number of H-pyrrole nitrogens is 1. The summed E-state index contributed by atoms with van der Waals surface area (Å²) in [5.41, 5.74) is 6.07. The number of ether oxygens (including phenoxy) is 3. The Labute approximate surface area is 183 Å². The first-order valence-corrected chi connectivity index (χ1v) is 10.8. The van der Waals surface area contributed by atoms with Crippen LogP contribution in [0.1, 0.15) is 5.56 Å². The van der Waals surface area contributed by atoms with Gasteiger partial charge in [-0.1, -0.05) is 24.3 Å². The highest BCUT2D eigenvalue weighted by atomic mass is 16.6. The number of aryl methyl sites for hydroxylation is 1. The van der Waals surface area contributed by atoms with Crippen molar-refractivity contribution in [3.8, 4) is 28.3 Å². The maximum atomic E-state index is 12.6. The van der Waals surface area contributed by atoms with E-state index in [0.717, 1.165) is 39.7 Å². The number of hydrogen-bond acceptors (Lipinski definition) is 6. The van der Waals surface area contributed by atoms with E-state index >= 15 is 0 Å². The van der Waals surface area contributed by atoms with E-state index in [0.29, 0.717) is 38.9 Å². The topological polar surface area (TPSA) is 91.3 Å². The van der Waals surface area contributed by atoms with Crippen molar-refractivity contribution in [2.45, 2.75) is 19.1 Å². The molecular weight excluding hydrogens is 408 g/mol. The van der Waals surface area contributed by atoms with Crippen LogP contribution in [0.5, 0.6) is 5.88 Å². The Balaban J connectivity index is 1.31. The van der Waals surface area contributed by atoms with Gasteiger partial charge in [-0.25, -0.2) is 4.79 Å². The van der Waals surface area contributed by atoms with E-state index in [9.17, 15) is 4.79 Å². The molecule has 1 saturated heterocycles. The number of nitrogens with zero attached hydrogens (tertiary/aromatic N) is 3. The predicted octanol–water partition coefficient (Wildman–Crippen LogP) is 2.80. The zero-order chi connectivity index (χ0) is 21.5. The van der Waals surface area contributed by atoms with Gasteiger partial charge in [0, 0.05) is 23.6 Å². The van der Waals surface area contributed by atoms with Gasteiger partial charge < -0.3 is 14.2 Å². The minimum absolute atomic E-state index is 0.147. The molecule has 0 bridgehead atoms. The normalized spacial score (nSPS) is 17.7. The number of aromatic nitrogens is 4. The lowest BCUT2D eigenvalue weighted by molar-refractivity contribution is -0.102. The third kappa shape index (κ3) is 3.47. The molecule has 1 fully saturated rings. The summed E-state index contributed by atoms with van der Waals surface area (Å²) >= 11 is 0. The van der Waals surface area contributed by atoms with E-state index in [-0.39, 0.29) is 11.8 Å². The number of hydrogen-bond donors (Lipinski definition) is 1. The van der Waals surface area contributed by atoms with Crippen LogP contribution in [0.15, 0.2) is 53.5 Å². The van der Waals surface area contributed by atoms with Crippen LogP contribution in [0.4, 0.5) is 0 Å². The molecule has 0 radical (unpaired) electrons. The quantitative estimate of drug-likeness (QED) is 0.535. The molecule has 32 heavy (non-hydrogen) atoms. The molecule has 2 aliphatic heterocycles. The highest BCUT2D eigenvalue weighted by Crippen LogP contribution is 2.33. The average molecular weight is 430 g/mol. The lowest BCUT2D eigenvalue weighted by atomic mass is 9.93. The Hall–Kier alpha value is -3.49. The summed E-state index contributed by atoms with van der Waals surface area (Å²) in [5, 5.41) is 8.17. The molecule has 4 heterocycles. The van der Waals surface area contributed by atoms with E-state index < -0.39 is 0 Å². The van der Waals surface area contributed by atoms with E-state index in [1.807, 2.05) is 18.3 Å². The third-order valence-electron chi connectivity index (χ3n) is 6.05. The molecule has 2 aliphatic rings. The molecule has 2 aromatic carbocycles. The van der Waals surface area contributed by atoms with Crippen molar-refractivity contribution in [3.63, 3.8) is 0 Å². The van der Waals surface area contributed by atoms with Gasteiger partial charge in [0.1, 0.15) is 12.7 Å². The fraction of sp³-hybridized carbons (Fsp3) is 0.292. The summed E-state index contributed by atoms with van der Waals surface area (Å²) in [6.07, 6.45) is 2.46. The van der Waals surface area contributed by atoms with E-state index in [4.69, 9.17) is 14.2 Å². The largest absolute Gasteiger partial charge is 0.475 e. The van der Waals surface area contributed by atoms with Gasteiger partial charge in [0.05, 0.1) is 37.2 Å². The second-order valence-corrected chi connectivity index (χ2v) is 8.09. The standard InChI is InChI=1S/C24H22N4O4/c29-24-26-23(32-14-19-13-30-7-8-31-19)11-22-20-3-1-15(9-17(20)5-6-28(22)24)16-2-4-21-18(10-16)12-25-27-21/h1-4,9-12,19H,5-8,13-14H2,(H,25,27). The minimum atomic E-state index is -0.293. The minimum Gasteiger partial charge on any atom is -0.475 e. The third-order valence-corrected chi connectivity index (χ3v) is 6.05. The second-order valence-electron chi connectivity index (χ2n) is 8.09. The number of rotatable bonds is 4. The van der Waals surface area contributed by atoms with Crippen LogP contribution in [-0.2, 0) is 22.4 Å². The molecule has 2 aromatic heterocycles. The van der Waals surface area contributed by atoms with Gasteiger partial charge in [0.25, 0.3) is 0 Å². The first-order chi connectivity index (χ1) is 15.7. The van der Waals surface area contributed by atoms with E-state index in [2.05, 4.69) is 45.5 Å². The Morgan fingerprint density at radius 1 is 1.12 bits per heavy atom. The van der Waals surface area contributed by atoms with Gasteiger partial charge in [-0.05, 0) is 35.2 Å². The summed E-state index contributed by atoms with van der Waals surface area (Å²) in [7, 11) is 0. The molecule has 8 nitrogen and oxygen atoms in total. The highest BCUT2D eigenvalue weighted by Gasteiger charge is 2.21. The average Bonchev–Trinajstić information content (AvgIpc) is 3.31. The summed E-state index contributed by atoms with van der Waals surface area (Å²) in [4.78, 5) is 16.8. The Kier molecular flexibility index (Phi) is 4.74. The van der Waals surface area contributed by atoms with E-state index in [1.165, 1.54) is 5.56 Å². The highest BCUT2D eigenvalue weighted by molar-refractivity contribution is 5.84. The molecule has 0 aliphatic carbocycles. The summed E-state index contributed by atoms with van der Waals surface area (Å²) in [6.45, 7) is 2.54. The van der Waals surface area contributed by atoms with Crippen LogP contribution >= 0.6 is 0 Å². The maximum absolute atomic E-state index is 12.6.